The van der Waals surface area contributed by atoms with Crippen LogP contribution in [0.1, 0.15) is 5.56 Å². The molecule has 0 aliphatic heterocycles. The Kier molecular flexibility index (Phi) is 3.28. The number of methoxy groups -OCH3 is 1. The van der Waals surface area contributed by atoms with Gasteiger partial charge in [0.15, 0.2) is 4.77 Å². The number of nitrogens with one attached hydrogen (secondary N) is 1. The van der Waals surface area contributed by atoms with Crippen LogP contribution in [-0.2, 0) is 0 Å². The van der Waals surface area contributed by atoms with Crippen molar-refractivity contribution >= 4 is 34.9 Å². The molecule has 2 aromatic carbocycles. The van der Waals surface area contributed by atoms with Gasteiger partial charge in [0, 0.05) is 5.69 Å². The molecule has 3 nitrogen and oxygen atoms in total. The molecule has 0 saturated carbocycles. The van der Waals surface area contributed by atoms with Gasteiger partial charge in [-0.1, -0.05) is 17.7 Å². The molecule has 3 aromatic rings. The van der Waals surface area contributed by atoms with Crippen molar-refractivity contribution in [2.45, 2.75) is 6.92 Å². The average molecular weight is 305 g/mol. The van der Waals surface area contributed by atoms with Crippen LogP contribution in [0.15, 0.2) is 36.4 Å². The van der Waals surface area contributed by atoms with E-state index in [9.17, 15) is 0 Å². The molecule has 0 spiro atoms. The monoisotopic (exact) mass is 304 g/mol. The summed E-state index contributed by atoms with van der Waals surface area (Å²) in [5.41, 5.74) is 3.87. The number of aromatic nitrogens is 2. The van der Waals surface area contributed by atoms with Crippen molar-refractivity contribution in [2.24, 2.45) is 0 Å². The Hall–Kier alpha value is -1.78. The Morgan fingerprint density at radius 2 is 2.05 bits per heavy atom. The van der Waals surface area contributed by atoms with Crippen LogP contribution in [0.4, 0.5) is 0 Å². The summed E-state index contributed by atoms with van der Waals surface area (Å²) in [6, 6.07) is 11.7. The molecule has 102 valence electrons. The Morgan fingerprint density at radius 3 is 2.75 bits per heavy atom. The van der Waals surface area contributed by atoms with Crippen molar-refractivity contribution in [1.82, 2.24) is 9.55 Å². The van der Waals surface area contributed by atoms with Crippen LogP contribution in [-0.4, -0.2) is 16.7 Å². The number of fused-ring (bicyclic) bond motifs is 1. The molecule has 0 amide bonds. The number of imidazole rings is 1. The van der Waals surface area contributed by atoms with Crippen LogP contribution in [0.2, 0.25) is 5.02 Å². The summed E-state index contributed by atoms with van der Waals surface area (Å²) in [5.74, 6) is 0.859. The van der Waals surface area contributed by atoms with Crippen LogP contribution in [0.5, 0.6) is 5.75 Å². The number of aryl methyl sites for hydroxylation is 1. The normalized spacial score (nSPS) is 10.9. The zero-order valence-corrected chi connectivity index (χ0v) is 12.7. The van der Waals surface area contributed by atoms with Gasteiger partial charge in [-0.05, 0) is 55.0 Å². The number of rotatable bonds is 2. The van der Waals surface area contributed by atoms with Crippen LogP contribution in [0.25, 0.3) is 16.7 Å². The highest BCUT2D eigenvalue weighted by Gasteiger charge is 2.10. The fraction of sp³-hybridized carbons (Fsp3) is 0.133. The summed E-state index contributed by atoms with van der Waals surface area (Å²) in [4.78, 5) is 3.16. The van der Waals surface area contributed by atoms with Gasteiger partial charge >= 0.3 is 0 Å². The van der Waals surface area contributed by atoms with Crippen molar-refractivity contribution in [3.05, 3.63) is 51.8 Å². The van der Waals surface area contributed by atoms with Crippen molar-refractivity contribution in [2.75, 3.05) is 7.11 Å². The Bertz CT molecular complexity index is 851. The Labute approximate surface area is 126 Å². The van der Waals surface area contributed by atoms with Crippen molar-refractivity contribution in [3.63, 3.8) is 0 Å². The number of ether oxygens (including phenoxy) is 1. The van der Waals surface area contributed by atoms with Crippen molar-refractivity contribution in [3.8, 4) is 11.4 Å². The van der Waals surface area contributed by atoms with Crippen LogP contribution in [0.3, 0.4) is 0 Å². The number of para-hydroxylation sites is 1. The van der Waals surface area contributed by atoms with E-state index >= 15 is 0 Å². The van der Waals surface area contributed by atoms with E-state index in [0.717, 1.165) is 28.0 Å². The number of hydrogen-bond donors (Lipinski definition) is 1. The maximum Gasteiger partial charge on any atom is 0.182 e. The van der Waals surface area contributed by atoms with Crippen LogP contribution >= 0.6 is 23.8 Å². The third-order valence-electron chi connectivity index (χ3n) is 3.30. The van der Waals surface area contributed by atoms with Crippen LogP contribution < -0.4 is 4.74 Å². The van der Waals surface area contributed by atoms with E-state index in [2.05, 4.69) is 4.98 Å². The number of halogens is 1. The lowest BCUT2D eigenvalue weighted by Gasteiger charge is -2.09. The minimum atomic E-state index is 0.623. The first kappa shape index (κ1) is 13.2. The molecule has 0 atom stereocenters. The molecule has 0 aliphatic carbocycles. The highest BCUT2D eigenvalue weighted by Crippen LogP contribution is 2.27. The summed E-state index contributed by atoms with van der Waals surface area (Å²) < 4.78 is 7.89. The van der Waals surface area contributed by atoms with Gasteiger partial charge in [0.1, 0.15) is 5.75 Å². The van der Waals surface area contributed by atoms with Gasteiger partial charge in [0.05, 0.1) is 23.2 Å². The molecule has 0 radical (unpaired) electrons. The van der Waals surface area contributed by atoms with Gasteiger partial charge in [0.25, 0.3) is 0 Å². The molecule has 0 fully saturated rings. The largest absolute Gasteiger partial charge is 0.496 e. The standard InChI is InChI=1S/C15H13ClN2OS/c1-9-8-10(6-7-13(9)19-2)18-12-5-3-4-11(16)14(12)17-15(18)20/h3-8H,1-2H3,(H,17,20). The fourth-order valence-corrected chi connectivity index (χ4v) is 2.88. The average Bonchev–Trinajstić information content (AvgIpc) is 2.76. The van der Waals surface area contributed by atoms with Crippen molar-refractivity contribution in [1.29, 1.82) is 0 Å². The summed E-state index contributed by atoms with van der Waals surface area (Å²) in [6.07, 6.45) is 0. The lowest BCUT2D eigenvalue weighted by atomic mass is 10.2. The van der Waals surface area contributed by atoms with E-state index in [1.54, 1.807) is 7.11 Å². The minimum Gasteiger partial charge on any atom is -0.496 e. The second-order valence-electron chi connectivity index (χ2n) is 4.55. The predicted molar refractivity (Wildman–Crippen MR) is 84.8 cm³/mol. The first-order valence-electron chi connectivity index (χ1n) is 6.16. The summed E-state index contributed by atoms with van der Waals surface area (Å²) >= 11 is 11.6. The van der Waals surface area contributed by atoms with Gasteiger partial charge in [-0.2, -0.15) is 0 Å². The van der Waals surface area contributed by atoms with E-state index in [4.69, 9.17) is 28.6 Å². The maximum absolute atomic E-state index is 6.20. The Morgan fingerprint density at radius 1 is 1.25 bits per heavy atom. The molecule has 0 aliphatic rings. The summed E-state index contributed by atoms with van der Waals surface area (Å²) in [5, 5.41) is 0.664. The molecule has 1 heterocycles. The van der Waals surface area contributed by atoms with Gasteiger partial charge < -0.3 is 9.72 Å². The second kappa shape index (κ2) is 4.96. The highest BCUT2D eigenvalue weighted by atomic mass is 35.5. The van der Waals surface area contributed by atoms with E-state index in [1.165, 1.54) is 0 Å². The van der Waals surface area contributed by atoms with Crippen LogP contribution in [0, 0.1) is 11.7 Å². The van der Waals surface area contributed by atoms with E-state index in [-0.39, 0.29) is 0 Å². The third kappa shape index (κ3) is 2.01. The van der Waals surface area contributed by atoms with E-state index in [1.807, 2.05) is 47.9 Å². The zero-order chi connectivity index (χ0) is 14.3. The lowest BCUT2D eigenvalue weighted by Crippen LogP contribution is -1.96. The molecular formula is C15H13ClN2OS. The topological polar surface area (TPSA) is 29.9 Å². The number of nitrogens with zero attached hydrogens (tertiary/aromatic N) is 1. The number of aromatic amines is 1. The quantitative estimate of drug-likeness (QED) is 0.698. The second-order valence-corrected chi connectivity index (χ2v) is 5.35. The maximum atomic E-state index is 6.20. The lowest BCUT2D eigenvalue weighted by molar-refractivity contribution is 0.411. The zero-order valence-electron chi connectivity index (χ0n) is 11.1. The smallest absolute Gasteiger partial charge is 0.182 e. The molecule has 1 N–H and O–H groups in total. The third-order valence-corrected chi connectivity index (χ3v) is 3.90. The molecule has 20 heavy (non-hydrogen) atoms. The molecule has 3 rings (SSSR count). The molecular weight excluding hydrogens is 292 g/mol. The predicted octanol–water partition coefficient (Wildman–Crippen LogP) is 4.66. The van der Waals surface area contributed by atoms with Crippen molar-refractivity contribution < 1.29 is 4.74 Å². The first-order valence-corrected chi connectivity index (χ1v) is 6.94. The summed E-state index contributed by atoms with van der Waals surface area (Å²) in [7, 11) is 1.67. The first-order chi connectivity index (χ1) is 9.61. The SMILES string of the molecule is COc1ccc(-n2c(=S)[nH]c3c(Cl)cccc32)cc1C. The van der Waals surface area contributed by atoms with E-state index < -0.39 is 0 Å². The van der Waals surface area contributed by atoms with E-state index in [0.29, 0.717) is 9.79 Å². The van der Waals surface area contributed by atoms with Gasteiger partial charge in [-0.15, -0.1) is 0 Å². The molecule has 5 heteroatoms. The number of benzene rings is 2. The summed E-state index contributed by atoms with van der Waals surface area (Å²) in [6.45, 7) is 2.01. The van der Waals surface area contributed by atoms with Gasteiger partial charge in [-0.3, -0.25) is 4.57 Å². The van der Waals surface area contributed by atoms with Gasteiger partial charge in [0.2, 0.25) is 0 Å². The fourth-order valence-electron chi connectivity index (χ4n) is 2.35. The molecule has 0 saturated heterocycles. The number of H-pyrrole nitrogens is 1. The highest BCUT2D eigenvalue weighted by molar-refractivity contribution is 7.71. The molecule has 0 unspecified atom stereocenters. The Balaban J connectivity index is 2.30. The van der Waals surface area contributed by atoms with Gasteiger partial charge in [-0.25, -0.2) is 0 Å². The molecule has 0 bridgehead atoms. The number of hydrogen-bond acceptors (Lipinski definition) is 2. The minimum absolute atomic E-state index is 0.623. The molecule has 1 aromatic heterocycles.